The number of carbonyl (C=O) groups excluding carboxylic acids is 1. The average molecular weight is 313 g/mol. The third-order valence-corrected chi connectivity index (χ3v) is 4.55. The zero-order chi connectivity index (χ0) is 15.5. The molecular formula is C17H19N3OS. The second-order valence-electron chi connectivity index (χ2n) is 5.39. The average Bonchev–Trinajstić information content (AvgIpc) is 3.17. The topological polar surface area (TPSA) is 49.0 Å². The zero-order valence-electron chi connectivity index (χ0n) is 12.8. The Morgan fingerprint density at radius 1 is 1.36 bits per heavy atom. The van der Waals surface area contributed by atoms with Crippen LogP contribution in [0.3, 0.4) is 0 Å². The number of para-hydroxylation sites is 1. The van der Waals surface area contributed by atoms with Gasteiger partial charge in [0, 0.05) is 29.9 Å². The molecular weight excluding hydrogens is 294 g/mol. The van der Waals surface area contributed by atoms with Gasteiger partial charge in [0.15, 0.2) is 0 Å². The number of nitrogens with one attached hydrogen (secondary N) is 1. The van der Waals surface area contributed by atoms with Gasteiger partial charge in [0.05, 0.1) is 5.69 Å². The van der Waals surface area contributed by atoms with Crippen LogP contribution in [0.15, 0.2) is 35.7 Å². The van der Waals surface area contributed by atoms with Gasteiger partial charge in [-0.2, -0.15) is 0 Å². The first-order valence-corrected chi connectivity index (χ1v) is 8.36. The molecule has 1 aromatic carbocycles. The number of fused-ring (bicyclic) bond motifs is 1. The molecule has 2 heterocycles. The molecule has 22 heavy (non-hydrogen) atoms. The Hall–Kier alpha value is -2.14. The van der Waals surface area contributed by atoms with Crippen molar-refractivity contribution in [2.24, 2.45) is 0 Å². The van der Waals surface area contributed by atoms with Crippen molar-refractivity contribution < 1.29 is 4.79 Å². The number of benzene rings is 1. The monoisotopic (exact) mass is 313 g/mol. The number of rotatable bonds is 5. The van der Waals surface area contributed by atoms with E-state index in [9.17, 15) is 4.79 Å². The second kappa shape index (κ2) is 6.32. The van der Waals surface area contributed by atoms with Crippen LogP contribution in [0.4, 0.5) is 0 Å². The van der Waals surface area contributed by atoms with Crippen LogP contribution >= 0.6 is 11.3 Å². The minimum atomic E-state index is -0.00735. The van der Waals surface area contributed by atoms with Crippen molar-refractivity contribution in [3.05, 3.63) is 41.4 Å². The van der Waals surface area contributed by atoms with Crippen molar-refractivity contribution in [3.8, 4) is 10.7 Å². The quantitative estimate of drug-likeness (QED) is 0.768. The van der Waals surface area contributed by atoms with Gasteiger partial charge in [0.25, 0.3) is 5.91 Å². The smallest absolute Gasteiger partial charge is 0.273 e. The molecule has 1 N–H and O–H groups in total. The number of hydrogen-bond acceptors (Lipinski definition) is 3. The first kappa shape index (κ1) is 14.8. The summed E-state index contributed by atoms with van der Waals surface area (Å²) in [7, 11) is 1.83. The number of unbranched alkanes of at least 4 members (excludes halogenated alkanes) is 1. The van der Waals surface area contributed by atoms with Gasteiger partial charge in [-0.1, -0.05) is 31.5 Å². The Balaban J connectivity index is 1.82. The lowest BCUT2D eigenvalue weighted by atomic mass is 10.2. The van der Waals surface area contributed by atoms with Crippen LogP contribution in [0.5, 0.6) is 0 Å². The van der Waals surface area contributed by atoms with E-state index in [2.05, 4.69) is 29.0 Å². The molecule has 0 saturated carbocycles. The van der Waals surface area contributed by atoms with E-state index in [4.69, 9.17) is 0 Å². The van der Waals surface area contributed by atoms with Gasteiger partial charge in [-0.15, -0.1) is 11.3 Å². The predicted molar refractivity (Wildman–Crippen MR) is 91.3 cm³/mol. The van der Waals surface area contributed by atoms with Crippen LogP contribution < -0.4 is 0 Å². The lowest BCUT2D eigenvalue weighted by Gasteiger charge is -2.14. The molecule has 0 saturated heterocycles. The summed E-state index contributed by atoms with van der Waals surface area (Å²) in [5.41, 5.74) is 2.57. The molecule has 0 radical (unpaired) electrons. The molecule has 0 aliphatic heterocycles. The van der Waals surface area contributed by atoms with Crippen molar-refractivity contribution in [3.63, 3.8) is 0 Å². The van der Waals surface area contributed by atoms with Crippen LogP contribution in [-0.2, 0) is 0 Å². The van der Waals surface area contributed by atoms with E-state index >= 15 is 0 Å². The van der Waals surface area contributed by atoms with Crippen molar-refractivity contribution in [1.29, 1.82) is 0 Å². The van der Waals surface area contributed by atoms with Crippen molar-refractivity contribution >= 4 is 28.1 Å². The number of hydrogen-bond donors (Lipinski definition) is 1. The maximum atomic E-state index is 12.3. The highest BCUT2D eigenvalue weighted by Crippen LogP contribution is 2.27. The summed E-state index contributed by atoms with van der Waals surface area (Å²) in [6.45, 7) is 2.89. The van der Waals surface area contributed by atoms with Crippen molar-refractivity contribution in [1.82, 2.24) is 14.9 Å². The van der Waals surface area contributed by atoms with Crippen LogP contribution in [-0.4, -0.2) is 34.4 Å². The molecule has 0 fully saturated rings. The van der Waals surface area contributed by atoms with Gasteiger partial charge in [0.2, 0.25) is 0 Å². The summed E-state index contributed by atoms with van der Waals surface area (Å²) in [6, 6.07) is 10.2. The fourth-order valence-electron chi connectivity index (χ4n) is 2.38. The minimum absolute atomic E-state index is 0.00735. The largest absolute Gasteiger partial charge is 0.353 e. The molecule has 5 heteroatoms. The number of carbonyl (C=O) groups is 1. The van der Waals surface area contributed by atoms with Crippen LogP contribution in [0.2, 0.25) is 0 Å². The summed E-state index contributed by atoms with van der Waals surface area (Å²) < 4.78 is 0. The molecule has 3 rings (SSSR count). The van der Waals surface area contributed by atoms with Crippen molar-refractivity contribution in [2.45, 2.75) is 19.8 Å². The number of nitrogens with zero attached hydrogens (tertiary/aromatic N) is 2. The van der Waals surface area contributed by atoms with E-state index < -0.39 is 0 Å². The van der Waals surface area contributed by atoms with Gasteiger partial charge in [0.1, 0.15) is 10.7 Å². The highest BCUT2D eigenvalue weighted by molar-refractivity contribution is 7.13. The Kier molecular flexibility index (Phi) is 4.24. The molecule has 2 aromatic heterocycles. The Labute approximate surface area is 133 Å². The summed E-state index contributed by atoms with van der Waals surface area (Å²) in [4.78, 5) is 21.9. The molecule has 0 aliphatic rings. The lowest BCUT2D eigenvalue weighted by molar-refractivity contribution is 0.0788. The first-order chi connectivity index (χ1) is 10.7. The van der Waals surface area contributed by atoms with E-state index in [1.54, 1.807) is 4.90 Å². The normalized spacial score (nSPS) is 11.0. The fraction of sp³-hybridized carbons (Fsp3) is 0.294. The third kappa shape index (κ3) is 2.90. The maximum Gasteiger partial charge on any atom is 0.273 e. The second-order valence-corrected chi connectivity index (χ2v) is 6.25. The van der Waals surface area contributed by atoms with Gasteiger partial charge >= 0.3 is 0 Å². The predicted octanol–water partition coefficient (Wildman–Crippen LogP) is 4.16. The van der Waals surface area contributed by atoms with Gasteiger partial charge in [-0.05, 0) is 18.6 Å². The van der Waals surface area contributed by atoms with Crippen LogP contribution in [0, 0.1) is 0 Å². The third-order valence-electron chi connectivity index (χ3n) is 3.68. The van der Waals surface area contributed by atoms with Gasteiger partial charge < -0.3 is 9.88 Å². The van der Waals surface area contributed by atoms with E-state index in [0.717, 1.165) is 41.0 Å². The molecule has 0 aliphatic carbocycles. The number of thiazole rings is 1. The van der Waals surface area contributed by atoms with E-state index in [0.29, 0.717) is 5.69 Å². The number of H-pyrrole nitrogens is 1. The Morgan fingerprint density at radius 2 is 2.18 bits per heavy atom. The Morgan fingerprint density at radius 3 is 2.95 bits per heavy atom. The molecule has 3 aromatic rings. The molecule has 0 unspecified atom stereocenters. The number of amides is 1. The van der Waals surface area contributed by atoms with Crippen LogP contribution in [0.1, 0.15) is 30.3 Å². The van der Waals surface area contributed by atoms with E-state index in [1.807, 2.05) is 30.6 Å². The van der Waals surface area contributed by atoms with E-state index in [-0.39, 0.29) is 5.91 Å². The number of aromatic amines is 1. The maximum absolute atomic E-state index is 12.3. The summed E-state index contributed by atoms with van der Waals surface area (Å²) >= 11 is 1.50. The summed E-state index contributed by atoms with van der Waals surface area (Å²) in [5.74, 6) is -0.00735. The molecule has 0 atom stereocenters. The molecule has 4 nitrogen and oxygen atoms in total. The fourth-order valence-corrected chi connectivity index (χ4v) is 3.14. The zero-order valence-corrected chi connectivity index (χ0v) is 13.6. The standard InChI is InChI=1S/C17H19N3OS/c1-3-4-9-20(2)17(21)15-11-22-16(19-15)14-10-12-7-5-6-8-13(12)18-14/h5-8,10-11,18H,3-4,9H2,1-2H3. The SMILES string of the molecule is CCCCN(C)C(=O)c1csc(-c2cc3ccccc3[nH]2)n1. The highest BCUT2D eigenvalue weighted by atomic mass is 32.1. The van der Waals surface area contributed by atoms with Gasteiger partial charge in [-0.3, -0.25) is 4.79 Å². The molecule has 0 bridgehead atoms. The minimum Gasteiger partial charge on any atom is -0.353 e. The molecule has 114 valence electrons. The summed E-state index contributed by atoms with van der Waals surface area (Å²) in [5, 5.41) is 3.84. The van der Waals surface area contributed by atoms with Gasteiger partial charge in [-0.25, -0.2) is 4.98 Å². The first-order valence-electron chi connectivity index (χ1n) is 7.48. The van der Waals surface area contributed by atoms with E-state index in [1.165, 1.54) is 11.3 Å². The summed E-state index contributed by atoms with van der Waals surface area (Å²) in [6.07, 6.45) is 2.09. The highest BCUT2D eigenvalue weighted by Gasteiger charge is 2.16. The molecule has 0 spiro atoms. The number of aromatic nitrogens is 2. The molecule has 1 amide bonds. The van der Waals surface area contributed by atoms with Crippen molar-refractivity contribution in [2.75, 3.05) is 13.6 Å². The lowest BCUT2D eigenvalue weighted by Crippen LogP contribution is -2.27. The van der Waals surface area contributed by atoms with Crippen LogP contribution in [0.25, 0.3) is 21.6 Å². The Bertz CT molecular complexity index is 757.